The molecule has 2 rings (SSSR count). The number of hydrogen-bond acceptors (Lipinski definition) is 4. The lowest BCUT2D eigenvalue weighted by Gasteiger charge is -2.23. The van der Waals surface area contributed by atoms with Crippen molar-refractivity contribution in [2.75, 3.05) is 13.7 Å². The van der Waals surface area contributed by atoms with Gasteiger partial charge in [-0.3, -0.25) is 0 Å². The molecule has 2 unspecified atom stereocenters. The predicted molar refractivity (Wildman–Crippen MR) is 87.4 cm³/mol. The number of rotatable bonds is 8. The topological polar surface area (TPSA) is 50.7 Å². The Bertz CT molecular complexity index is 634. The zero-order chi connectivity index (χ0) is 17.5. The Morgan fingerprint density at radius 1 is 1.04 bits per heavy atom. The van der Waals surface area contributed by atoms with Crippen molar-refractivity contribution >= 4 is 0 Å². The molecule has 0 aliphatic heterocycles. The van der Waals surface area contributed by atoms with Gasteiger partial charge in [0.05, 0.1) is 19.8 Å². The van der Waals surface area contributed by atoms with Crippen molar-refractivity contribution in [3.8, 4) is 11.5 Å². The van der Waals surface area contributed by atoms with Crippen LogP contribution in [0.4, 0.5) is 8.78 Å². The summed E-state index contributed by atoms with van der Waals surface area (Å²) in [6.07, 6.45) is 0. The molecule has 0 spiro atoms. The number of benzene rings is 2. The number of methoxy groups -OCH3 is 1. The minimum atomic E-state index is -2.83. The summed E-state index contributed by atoms with van der Waals surface area (Å²) < 4.78 is 33.9. The zero-order valence-electron chi connectivity index (χ0n) is 13.6. The number of nitrogens with one attached hydrogen (secondary N) is 1. The second-order valence-corrected chi connectivity index (χ2v) is 5.35. The summed E-state index contributed by atoms with van der Waals surface area (Å²) in [5.41, 5.74) is 1.80. The Labute approximate surface area is 140 Å². The average Bonchev–Trinajstić information content (AvgIpc) is 2.59. The van der Waals surface area contributed by atoms with Gasteiger partial charge in [-0.25, -0.2) is 0 Å². The van der Waals surface area contributed by atoms with Gasteiger partial charge in [0, 0.05) is 6.04 Å². The molecule has 6 heteroatoms. The van der Waals surface area contributed by atoms with Crippen molar-refractivity contribution in [1.82, 2.24) is 5.32 Å². The van der Waals surface area contributed by atoms with Crippen LogP contribution in [0.2, 0.25) is 0 Å². The van der Waals surface area contributed by atoms with Crippen LogP contribution in [-0.2, 0) is 0 Å². The van der Waals surface area contributed by atoms with Crippen molar-refractivity contribution < 1.29 is 23.4 Å². The molecular formula is C18H21F2NO3. The maximum absolute atomic E-state index is 12.2. The van der Waals surface area contributed by atoms with Gasteiger partial charge < -0.3 is 19.9 Å². The van der Waals surface area contributed by atoms with Crippen molar-refractivity contribution in [2.24, 2.45) is 0 Å². The van der Waals surface area contributed by atoms with Crippen LogP contribution in [0.15, 0.2) is 48.5 Å². The number of aliphatic hydroxyl groups is 1. The quantitative estimate of drug-likeness (QED) is 0.771. The first-order valence-electron chi connectivity index (χ1n) is 7.59. The molecular weight excluding hydrogens is 316 g/mol. The first kappa shape index (κ1) is 18.2. The Balaban J connectivity index is 2.06. The first-order valence-corrected chi connectivity index (χ1v) is 7.59. The van der Waals surface area contributed by atoms with E-state index in [1.807, 2.05) is 31.2 Å². The molecule has 0 saturated carbocycles. The van der Waals surface area contributed by atoms with Crippen LogP contribution in [0.25, 0.3) is 0 Å². The molecule has 0 fully saturated rings. The lowest BCUT2D eigenvalue weighted by Crippen LogP contribution is -2.27. The van der Waals surface area contributed by atoms with Gasteiger partial charge in [0.1, 0.15) is 11.5 Å². The molecule has 2 N–H and O–H groups in total. The Morgan fingerprint density at radius 2 is 1.75 bits per heavy atom. The van der Waals surface area contributed by atoms with Gasteiger partial charge in [-0.1, -0.05) is 24.3 Å². The SMILES string of the molecule is COc1cccc(C(CO)NC(C)c2ccc(OC(F)F)cc2)c1. The monoisotopic (exact) mass is 337 g/mol. The largest absolute Gasteiger partial charge is 0.497 e. The van der Waals surface area contributed by atoms with Crippen molar-refractivity contribution in [3.63, 3.8) is 0 Å². The van der Waals surface area contributed by atoms with Gasteiger partial charge in [-0.05, 0) is 42.3 Å². The molecule has 4 nitrogen and oxygen atoms in total. The highest BCUT2D eigenvalue weighted by Crippen LogP contribution is 2.24. The third-order valence-electron chi connectivity index (χ3n) is 3.74. The maximum Gasteiger partial charge on any atom is 0.387 e. The third-order valence-corrected chi connectivity index (χ3v) is 3.74. The Hall–Kier alpha value is -2.18. The van der Waals surface area contributed by atoms with E-state index in [-0.39, 0.29) is 24.4 Å². The molecule has 0 heterocycles. The predicted octanol–water partition coefficient (Wildman–Crippen LogP) is 3.68. The number of ether oxygens (including phenoxy) is 2. The maximum atomic E-state index is 12.2. The smallest absolute Gasteiger partial charge is 0.387 e. The molecule has 2 atom stereocenters. The second-order valence-electron chi connectivity index (χ2n) is 5.35. The van der Waals surface area contributed by atoms with Crippen LogP contribution in [0.3, 0.4) is 0 Å². The van der Waals surface area contributed by atoms with Gasteiger partial charge >= 0.3 is 6.61 Å². The fraction of sp³-hybridized carbons (Fsp3) is 0.333. The Morgan fingerprint density at radius 3 is 2.33 bits per heavy atom. The van der Waals surface area contributed by atoms with Crippen LogP contribution in [-0.4, -0.2) is 25.4 Å². The number of aliphatic hydroxyl groups excluding tert-OH is 1. The molecule has 0 aliphatic rings. The van der Waals surface area contributed by atoms with Crippen molar-refractivity contribution in [1.29, 1.82) is 0 Å². The minimum Gasteiger partial charge on any atom is -0.497 e. The molecule has 0 saturated heterocycles. The summed E-state index contributed by atoms with van der Waals surface area (Å²) in [6.45, 7) is -0.978. The molecule has 0 amide bonds. The lowest BCUT2D eigenvalue weighted by molar-refractivity contribution is -0.0498. The Kier molecular flexibility index (Phi) is 6.52. The normalized spacial score (nSPS) is 13.6. The van der Waals surface area contributed by atoms with Crippen molar-refractivity contribution in [2.45, 2.75) is 25.6 Å². The average molecular weight is 337 g/mol. The van der Waals surface area contributed by atoms with E-state index in [1.54, 1.807) is 19.2 Å². The zero-order valence-corrected chi connectivity index (χ0v) is 13.6. The van der Waals surface area contributed by atoms with Crippen LogP contribution < -0.4 is 14.8 Å². The fourth-order valence-electron chi connectivity index (χ4n) is 2.45. The van der Waals surface area contributed by atoms with E-state index in [0.717, 1.165) is 11.1 Å². The van der Waals surface area contributed by atoms with Gasteiger partial charge in [-0.15, -0.1) is 0 Å². The molecule has 24 heavy (non-hydrogen) atoms. The molecule has 0 aliphatic carbocycles. The molecule has 2 aromatic carbocycles. The summed E-state index contributed by atoms with van der Waals surface area (Å²) in [4.78, 5) is 0. The van der Waals surface area contributed by atoms with Crippen LogP contribution in [0.1, 0.15) is 30.1 Å². The molecule has 2 aromatic rings. The van der Waals surface area contributed by atoms with E-state index < -0.39 is 6.61 Å². The first-order chi connectivity index (χ1) is 11.5. The van der Waals surface area contributed by atoms with Gasteiger partial charge in [-0.2, -0.15) is 8.78 Å². The van der Waals surface area contributed by atoms with Crippen LogP contribution in [0, 0.1) is 0 Å². The standard InChI is InChI=1S/C18H21F2NO3/c1-12(13-6-8-15(9-7-13)24-18(19)20)21-17(11-22)14-4-3-5-16(10-14)23-2/h3-10,12,17-18,21-22H,11H2,1-2H3. The van der Waals surface area contributed by atoms with E-state index in [4.69, 9.17) is 4.74 Å². The highest BCUT2D eigenvalue weighted by Gasteiger charge is 2.15. The van der Waals surface area contributed by atoms with Gasteiger partial charge in [0.15, 0.2) is 0 Å². The van der Waals surface area contributed by atoms with E-state index in [0.29, 0.717) is 5.75 Å². The highest BCUT2D eigenvalue weighted by atomic mass is 19.3. The van der Waals surface area contributed by atoms with Crippen LogP contribution >= 0.6 is 0 Å². The molecule has 130 valence electrons. The van der Waals surface area contributed by atoms with E-state index >= 15 is 0 Å². The van der Waals surface area contributed by atoms with E-state index in [1.165, 1.54) is 12.1 Å². The number of halogens is 2. The van der Waals surface area contributed by atoms with E-state index in [9.17, 15) is 13.9 Å². The van der Waals surface area contributed by atoms with Crippen molar-refractivity contribution in [3.05, 3.63) is 59.7 Å². The van der Waals surface area contributed by atoms with Crippen LogP contribution in [0.5, 0.6) is 11.5 Å². The molecule has 0 bridgehead atoms. The molecule has 0 radical (unpaired) electrons. The lowest BCUT2D eigenvalue weighted by atomic mass is 10.0. The second kappa shape index (κ2) is 8.61. The summed E-state index contributed by atoms with van der Waals surface area (Å²) in [5.74, 6) is 0.835. The summed E-state index contributed by atoms with van der Waals surface area (Å²) >= 11 is 0. The number of hydrogen-bond donors (Lipinski definition) is 2. The minimum absolute atomic E-state index is 0.0793. The number of alkyl halides is 2. The highest BCUT2D eigenvalue weighted by molar-refractivity contribution is 5.32. The van der Waals surface area contributed by atoms with E-state index in [2.05, 4.69) is 10.1 Å². The van der Waals surface area contributed by atoms with Gasteiger partial charge in [0.25, 0.3) is 0 Å². The summed E-state index contributed by atoms with van der Waals surface area (Å²) in [6, 6.07) is 13.5. The summed E-state index contributed by atoms with van der Waals surface area (Å²) in [5, 5.41) is 13.0. The third kappa shape index (κ3) is 4.91. The summed E-state index contributed by atoms with van der Waals surface area (Å²) in [7, 11) is 1.59. The van der Waals surface area contributed by atoms with Gasteiger partial charge in [0.2, 0.25) is 0 Å². The molecule has 0 aromatic heterocycles. The fourth-order valence-corrected chi connectivity index (χ4v) is 2.45.